The molecule has 0 bridgehead atoms. The lowest BCUT2D eigenvalue weighted by molar-refractivity contribution is 0.473. The molecule has 0 saturated heterocycles. The summed E-state index contributed by atoms with van der Waals surface area (Å²) in [7, 11) is 0. The molecule has 0 N–H and O–H groups in total. The van der Waals surface area contributed by atoms with Crippen LogP contribution in [-0.4, -0.2) is 0 Å². The Morgan fingerprint density at radius 1 is 0.933 bits per heavy atom. The normalized spacial score (nSPS) is 13.7. The maximum atomic E-state index is 2.32. The SMILES string of the molecule is CCC.CCC(C)C(C)c1ccccc1. The Labute approximate surface area is 95.7 Å². The molecule has 1 aromatic rings. The molecular weight excluding hydrogens is 180 g/mol. The molecule has 1 aromatic carbocycles. The van der Waals surface area contributed by atoms with Gasteiger partial charge in [-0.1, -0.05) is 77.8 Å². The Kier molecular flexibility index (Phi) is 8.08. The van der Waals surface area contributed by atoms with E-state index in [1.54, 1.807) is 0 Å². The fourth-order valence-corrected chi connectivity index (χ4v) is 1.44. The Hall–Kier alpha value is -0.780. The zero-order valence-corrected chi connectivity index (χ0v) is 11.0. The molecule has 2 unspecified atom stereocenters. The molecule has 0 spiro atoms. The number of hydrogen-bond acceptors (Lipinski definition) is 0. The van der Waals surface area contributed by atoms with Crippen LogP contribution in [0.4, 0.5) is 0 Å². The molecule has 0 fully saturated rings. The fourth-order valence-electron chi connectivity index (χ4n) is 1.44. The van der Waals surface area contributed by atoms with Crippen LogP contribution in [0.3, 0.4) is 0 Å². The van der Waals surface area contributed by atoms with E-state index in [1.165, 1.54) is 18.4 Å². The lowest BCUT2D eigenvalue weighted by Gasteiger charge is -2.18. The topological polar surface area (TPSA) is 0 Å². The van der Waals surface area contributed by atoms with Crippen LogP contribution in [0.25, 0.3) is 0 Å². The minimum atomic E-state index is 0.691. The van der Waals surface area contributed by atoms with Crippen molar-refractivity contribution in [2.45, 2.75) is 53.4 Å². The average Bonchev–Trinajstić information content (AvgIpc) is 2.29. The van der Waals surface area contributed by atoms with Crippen molar-refractivity contribution in [3.8, 4) is 0 Å². The highest BCUT2D eigenvalue weighted by molar-refractivity contribution is 5.19. The minimum absolute atomic E-state index is 0.691. The third kappa shape index (κ3) is 5.61. The van der Waals surface area contributed by atoms with Gasteiger partial charge in [0.1, 0.15) is 0 Å². The smallest absolute Gasteiger partial charge is 0.0165 e. The lowest BCUT2D eigenvalue weighted by Crippen LogP contribution is -2.04. The van der Waals surface area contributed by atoms with Gasteiger partial charge in [0.25, 0.3) is 0 Å². The van der Waals surface area contributed by atoms with E-state index in [-0.39, 0.29) is 0 Å². The van der Waals surface area contributed by atoms with Crippen molar-refractivity contribution in [2.75, 3.05) is 0 Å². The Bertz CT molecular complexity index is 225. The highest BCUT2D eigenvalue weighted by Crippen LogP contribution is 2.25. The first kappa shape index (κ1) is 14.2. The van der Waals surface area contributed by atoms with Crippen LogP contribution in [0.1, 0.15) is 58.9 Å². The van der Waals surface area contributed by atoms with E-state index < -0.39 is 0 Å². The van der Waals surface area contributed by atoms with Crippen molar-refractivity contribution in [2.24, 2.45) is 5.92 Å². The molecule has 1 rings (SSSR count). The van der Waals surface area contributed by atoms with Gasteiger partial charge in [-0.25, -0.2) is 0 Å². The number of hydrogen-bond donors (Lipinski definition) is 0. The van der Waals surface area contributed by atoms with Gasteiger partial charge in [0, 0.05) is 0 Å². The van der Waals surface area contributed by atoms with Gasteiger partial charge in [-0.15, -0.1) is 0 Å². The van der Waals surface area contributed by atoms with Crippen LogP contribution in [-0.2, 0) is 0 Å². The first-order chi connectivity index (χ1) is 7.17. The summed E-state index contributed by atoms with van der Waals surface area (Å²) in [6.07, 6.45) is 2.51. The molecule has 0 aromatic heterocycles. The molecule has 0 aliphatic heterocycles. The number of benzene rings is 1. The second kappa shape index (κ2) is 8.52. The first-order valence-electron chi connectivity index (χ1n) is 6.22. The highest BCUT2D eigenvalue weighted by atomic mass is 14.2. The van der Waals surface area contributed by atoms with Crippen LogP contribution < -0.4 is 0 Å². The molecule has 0 amide bonds. The summed E-state index contributed by atoms with van der Waals surface area (Å²) in [5.41, 5.74) is 1.46. The lowest BCUT2D eigenvalue weighted by atomic mass is 9.87. The molecule has 0 aliphatic rings. The van der Waals surface area contributed by atoms with Crippen LogP contribution in [0.5, 0.6) is 0 Å². The molecule has 0 nitrogen and oxygen atoms in total. The largest absolute Gasteiger partial charge is 0.0656 e. The summed E-state index contributed by atoms with van der Waals surface area (Å²) >= 11 is 0. The van der Waals surface area contributed by atoms with E-state index in [9.17, 15) is 0 Å². The molecule has 0 radical (unpaired) electrons. The Morgan fingerprint density at radius 3 is 1.80 bits per heavy atom. The van der Waals surface area contributed by atoms with Crippen molar-refractivity contribution < 1.29 is 0 Å². The van der Waals surface area contributed by atoms with E-state index in [0.29, 0.717) is 5.92 Å². The number of rotatable bonds is 3. The average molecular weight is 206 g/mol. The zero-order chi connectivity index (χ0) is 11.7. The maximum absolute atomic E-state index is 2.32. The Morgan fingerprint density at radius 2 is 1.40 bits per heavy atom. The molecule has 2 atom stereocenters. The monoisotopic (exact) mass is 206 g/mol. The van der Waals surface area contributed by atoms with Gasteiger partial charge >= 0.3 is 0 Å². The summed E-state index contributed by atoms with van der Waals surface area (Å²) in [5, 5.41) is 0. The molecule has 0 saturated carbocycles. The van der Waals surface area contributed by atoms with Crippen molar-refractivity contribution in [1.29, 1.82) is 0 Å². The second-order valence-corrected chi connectivity index (χ2v) is 4.29. The van der Waals surface area contributed by atoms with E-state index in [2.05, 4.69) is 65.0 Å². The molecule has 0 heteroatoms. The van der Waals surface area contributed by atoms with Gasteiger partial charge < -0.3 is 0 Å². The van der Waals surface area contributed by atoms with Crippen molar-refractivity contribution in [1.82, 2.24) is 0 Å². The van der Waals surface area contributed by atoms with Crippen molar-refractivity contribution in [3.63, 3.8) is 0 Å². The van der Waals surface area contributed by atoms with Gasteiger partial charge in [-0.3, -0.25) is 0 Å². The van der Waals surface area contributed by atoms with Crippen molar-refractivity contribution in [3.05, 3.63) is 35.9 Å². The van der Waals surface area contributed by atoms with E-state index >= 15 is 0 Å². The molecular formula is C15H26. The maximum Gasteiger partial charge on any atom is -0.0165 e. The molecule has 15 heavy (non-hydrogen) atoms. The quantitative estimate of drug-likeness (QED) is 0.633. The fraction of sp³-hybridized carbons (Fsp3) is 0.600. The minimum Gasteiger partial charge on any atom is -0.0656 e. The molecule has 0 heterocycles. The van der Waals surface area contributed by atoms with Gasteiger partial charge in [-0.05, 0) is 17.4 Å². The van der Waals surface area contributed by atoms with Gasteiger partial charge in [0.15, 0.2) is 0 Å². The Balaban J connectivity index is 0.000000583. The van der Waals surface area contributed by atoms with E-state index in [0.717, 1.165) is 5.92 Å². The molecule has 86 valence electrons. The van der Waals surface area contributed by atoms with E-state index in [1.807, 2.05) is 0 Å². The summed E-state index contributed by atoms with van der Waals surface area (Å²) in [6.45, 7) is 11.1. The van der Waals surface area contributed by atoms with Crippen LogP contribution in [0.2, 0.25) is 0 Å². The van der Waals surface area contributed by atoms with Crippen LogP contribution in [0.15, 0.2) is 30.3 Å². The van der Waals surface area contributed by atoms with Gasteiger partial charge in [-0.2, -0.15) is 0 Å². The van der Waals surface area contributed by atoms with Crippen molar-refractivity contribution >= 4 is 0 Å². The van der Waals surface area contributed by atoms with E-state index in [4.69, 9.17) is 0 Å². The predicted molar refractivity (Wildman–Crippen MR) is 70.3 cm³/mol. The second-order valence-electron chi connectivity index (χ2n) is 4.29. The zero-order valence-electron chi connectivity index (χ0n) is 11.0. The van der Waals surface area contributed by atoms with Crippen LogP contribution >= 0.6 is 0 Å². The summed E-state index contributed by atoms with van der Waals surface area (Å²) in [6, 6.07) is 10.8. The summed E-state index contributed by atoms with van der Waals surface area (Å²) in [4.78, 5) is 0. The summed E-state index contributed by atoms with van der Waals surface area (Å²) < 4.78 is 0. The standard InChI is InChI=1S/C12H18.C3H8/c1-4-10(2)11(3)12-8-6-5-7-9-12;1-3-2/h5-11H,4H2,1-3H3;3H2,1-2H3. The highest BCUT2D eigenvalue weighted by Gasteiger charge is 2.11. The summed E-state index contributed by atoms with van der Waals surface area (Å²) in [5.74, 6) is 1.48. The molecule has 0 aliphatic carbocycles. The first-order valence-corrected chi connectivity index (χ1v) is 6.22. The van der Waals surface area contributed by atoms with Crippen LogP contribution in [0, 0.1) is 5.92 Å². The van der Waals surface area contributed by atoms with Gasteiger partial charge in [0.05, 0.1) is 0 Å². The van der Waals surface area contributed by atoms with Gasteiger partial charge in [0.2, 0.25) is 0 Å². The third-order valence-corrected chi connectivity index (χ3v) is 2.82. The predicted octanol–water partition coefficient (Wildman–Crippen LogP) is 5.25. The third-order valence-electron chi connectivity index (χ3n) is 2.82.